The summed E-state index contributed by atoms with van der Waals surface area (Å²) in [5.74, 6) is -0.656. The molecule has 0 saturated heterocycles. The zero-order chi connectivity index (χ0) is 15.4. The first-order chi connectivity index (χ1) is 10.0. The first-order valence-electron chi connectivity index (χ1n) is 7.26. The fourth-order valence-electron chi connectivity index (χ4n) is 2.67. The number of amides is 1. The van der Waals surface area contributed by atoms with Gasteiger partial charge < -0.3 is 14.7 Å². The Balaban J connectivity index is 1.93. The number of rotatable bonds is 6. The van der Waals surface area contributed by atoms with Crippen LogP contribution in [-0.2, 0) is 22.4 Å². The zero-order valence-corrected chi connectivity index (χ0v) is 12.5. The molecule has 21 heavy (non-hydrogen) atoms. The quantitative estimate of drug-likeness (QED) is 0.869. The number of ether oxygens (including phenoxy) is 1. The number of carbonyl (C=O) groups excluding carboxylic acids is 1. The van der Waals surface area contributed by atoms with Gasteiger partial charge in [-0.3, -0.25) is 4.79 Å². The van der Waals surface area contributed by atoms with E-state index in [0.29, 0.717) is 12.2 Å². The lowest BCUT2D eigenvalue weighted by Crippen LogP contribution is -2.44. The van der Waals surface area contributed by atoms with Crippen LogP contribution in [0.1, 0.15) is 30.9 Å². The minimum atomic E-state index is -0.995. The van der Waals surface area contributed by atoms with Crippen molar-refractivity contribution in [2.24, 2.45) is 0 Å². The largest absolute Gasteiger partial charge is 0.484 e. The highest BCUT2D eigenvalue weighted by atomic mass is 16.5. The van der Waals surface area contributed by atoms with Gasteiger partial charge in [0.1, 0.15) is 11.8 Å². The van der Waals surface area contributed by atoms with Gasteiger partial charge in [0, 0.05) is 7.05 Å². The third-order valence-electron chi connectivity index (χ3n) is 3.96. The summed E-state index contributed by atoms with van der Waals surface area (Å²) in [6, 6.07) is 5.08. The second-order valence-electron chi connectivity index (χ2n) is 5.34. The van der Waals surface area contributed by atoms with Crippen molar-refractivity contribution in [2.45, 2.75) is 38.6 Å². The van der Waals surface area contributed by atoms with E-state index in [1.807, 2.05) is 18.2 Å². The molecular weight excluding hydrogens is 270 g/mol. The second kappa shape index (κ2) is 6.61. The van der Waals surface area contributed by atoms with Gasteiger partial charge in [-0.05, 0) is 48.9 Å². The van der Waals surface area contributed by atoms with Crippen molar-refractivity contribution in [3.8, 4) is 5.75 Å². The van der Waals surface area contributed by atoms with Crippen LogP contribution in [0.2, 0.25) is 0 Å². The molecule has 5 heteroatoms. The SMILES string of the molecule is CCC(C(=O)O)N(C)C(=O)COc1ccc2c(c1)CCC2. The minimum absolute atomic E-state index is 0.140. The van der Waals surface area contributed by atoms with E-state index in [1.54, 1.807) is 6.92 Å². The molecule has 1 atom stereocenters. The molecule has 1 unspecified atom stereocenters. The van der Waals surface area contributed by atoms with Gasteiger partial charge in [0.05, 0.1) is 0 Å². The Bertz CT molecular complexity index is 541. The molecule has 0 saturated carbocycles. The molecule has 1 N–H and O–H groups in total. The van der Waals surface area contributed by atoms with Crippen LogP contribution >= 0.6 is 0 Å². The Kier molecular flexibility index (Phi) is 4.83. The first-order valence-corrected chi connectivity index (χ1v) is 7.26. The molecule has 5 nitrogen and oxygen atoms in total. The summed E-state index contributed by atoms with van der Waals surface area (Å²) in [6.07, 6.45) is 3.69. The number of aliphatic carboxylic acids is 1. The summed E-state index contributed by atoms with van der Waals surface area (Å²) in [4.78, 5) is 24.3. The number of carboxylic acids is 1. The number of aryl methyl sites for hydroxylation is 2. The Morgan fingerprint density at radius 3 is 2.71 bits per heavy atom. The Morgan fingerprint density at radius 2 is 2.05 bits per heavy atom. The van der Waals surface area contributed by atoms with Gasteiger partial charge in [0.25, 0.3) is 5.91 Å². The Labute approximate surface area is 124 Å². The smallest absolute Gasteiger partial charge is 0.326 e. The van der Waals surface area contributed by atoms with Gasteiger partial charge >= 0.3 is 5.97 Å². The monoisotopic (exact) mass is 291 g/mol. The van der Waals surface area contributed by atoms with Crippen molar-refractivity contribution in [3.63, 3.8) is 0 Å². The maximum Gasteiger partial charge on any atom is 0.326 e. The number of likely N-dealkylation sites (N-methyl/N-ethyl adjacent to an activating group) is 1. The van der Waals surface area contributed by atoms with Gasteiger partial charge in [-0.1, -0.05) is 13.0 Å². The van der Waals surface area contributed by atoms with Crippen molar-refractivity contribution in [3.05, 3.63) is 29.3 Å². The fraction of sp³-hybridized carbons (Fsp3) is 0.500. The average Bonchev–Trinajstić information content (AvgIpc) is 2.92. The maximum absolute atomic E-state index is 12.0. The van der Waals surface area contributed by atoms with Crippen molar-refractivity contribution in [1.82, 2.24) is 4.90 Å². The third kappa shape index (κ3) is 3.54. The number of benzene rings is 1. The van der Waals surface area contributed by atoms with Gasteiger partial charge in [0.15, 0.2) is 6.61 Å². The molecule has 0 radical (unpaired) electrons. The number of nitrogens with zero attached hydrogens (tertiary/aromatic N) is 1. The summed E-state index contributed by atoms with van der Waals surface area (Å²) >= 11 is 0. The number of hydrogen-bond acceptors (Lipinski definition) is 3. The predicted molar refractivity (Wildman–Crippen MR) is 78.4 cm³/mol. The third-order valence-corrected chi connectivity index (χ3v) is 3.96. The standard InChI is InChI=1S/C16H21NO4/c1-3-14(16(19)20)17(2)15(18)10-21-13-8-7-11-5-4-6-12(11)9-13/h7-9,14H,3-6,10H2,1-2H3,(H,19,20). The van der Waals surface area contributed by atoms with E-state index >= 15 is 0 Å². The topological polar surface area (TPSA) is 66.8 Å². The number of fused-ring (bicyclic) bond motifs is 1. The lowest BCUT2D eigenvalue weighted by atomic mass is 10.1. The van der Waals surface area contributed by atoms with E-state index in [2.05, 4.69) is 0 Å². The molecular formula is C16H21NO4. The van der Waals surface area contributed by atoms with Crippen molar-refractivity contribution < 1.29 is 19.4 Å². The highest BCUT2D eigenvalue weighted by Crippen LogP contribution is 2.26. The molecule has 0 aliphatic heterocycles. The zero-order valence-electron chi connectivity index (χ0n) is 12.5. The number of hydrogen-bond donors (Lipinski definition) is 1. The molecule has 0 heterocycles. The molecule has 1 aliphatic carbocycles. The molecule has 2 rings (SSSR count). The van der Waals surface area contributed by atoms with E-state index in [0.717, 1.165) is 19.3 Å². The molecule has 1 amide bonds. The van der Waals surface area contributed by atoms with Gasteiger partial charge in [0.2, 0.25) is 0 Å². The molecule has 1 aromatic rings. The van der Waals surface area contributed by atoms with Crippen LogP contribution in [0.25, 0.3) is 0 Å². The van der Waals surface area contributed by atoms with Gasteiger partial charge in [-0.2, -0.15) is 0 Å². The minimum Gasteiger partial charge on any atom is -0.484 e. The maximum atomic E-state index is 12.0. The molecule has 1 aliphatic rings. The van der Waals surface area contributed by atoms with E-state index in [9.17, 15) is 9.59 Å². The molecule has 0 bridgehead atoms. The molecule has 114 valence electrons. The van der Waals surface area contributed by atoms with Crippen molar-refractivity contribution >= 4 is 11.9 Å². The van der Waals surface area contributed by atoms with Crippen LogP contribution < -0.4 is 4.74 Å². The number of carboxylic acid groups (broad SMARTS) is 1. The first kappa shape index (κ1) is 15.4. The van der Waals surface area contributed by atoms with Crippen molar-refractivity contribution in [1.29, 1.82) is 0 Å². The van der Waals surface area contributed by atoms with E-state index in [4.69, 9.17) is 9.84 Å². The van der Waals surface area contributed by atoms with Crippen molar-refractivity contribution in [2.75, 3.05) is 13.7 Å². The van der Waals surface area contributed by atoms with Crippen LogP contribution in [0, 0.1) is 0 Å². The lowest BCUT2D eigenvalue weighted by molar-refractivity contribution is -0.149. The molecule has 1 aromatic carbocycles. The van der Waals surface area contributed by atoms with E-state index in [-0.39, 0.29) is 12.5 Å². The average molecular weight is 291 g/mol. The van der Waals surface area contributed by atoms with Crippen LogP contribution in [0.5, 0.6) is 5.75 Å². The highest BCUT2D eigenvalue weighted by Gasteiger charge is 2.24. The van der Waals surface area contributed by atoms with Crippen LogP contribution in [0.3, 0.4) is 0 Å². The molecule has 0 spiro atoms. The second-order valence-corrected chi connectivity index (χ2v) is 5.34. The highest BCUT2D eigenvalue weighted by molar-refractivity contribution is 5.84. The summed E-state index contributed by atoms with van der Waals surface area (Å²) < 4.78 is 5.50. The van der Waals surface area contributed by atoms with Gasteiger partial charge in [-0.25, -0.2) is 4.79 Å². The summed E-state index contributed by atoms with van der Waals surface area (Å²) in [6.45, 7) is 1.60. The van der Waals surface area contributed by atoms with E-state index < -0.39 is 12.0 Å². The van der Waals surface area contributed by atoms with Gasteiger partial charge in [-0.15, -0.1) is 0 Å². The molecule has 0 fully saturated rings. The number of carbonyl (C=O) groups is 2. The normalized spacial score (nSPS) is 14.4. The Morgan fingerprint density at radius 1 is 1.33 bits per heavy atom. The van der Waals surface area contributed by atoms with Crippen LogP contribution in [0.4, 0.5) is 0 Å². The summed E-state index contributed by atoms with van der Waals surface area (Å²) in [5.41, 5.74) is 2.63. The lowest BCUT2D eigenvalue weighted by Gasteiger charge is -2.23. The predicted octanol–water partition coefficient (Wildman–Crippen LogP) is 1.88. The van der Waals surface area contributed by atoms with E-state index in [1.165, 1.54) is 23.1 Å². The van der Waals surface area contributed by atoms with Crippen LogP contribution in [0.15, 0.2) is 18.2 Å². The van der Waals surface area contributed by atoms with Crippen LogP contribution in [-0.4, -0.2) is 41.6 Å². The summed E-state index contributed by atoms with van der Waals surface area (Å²) in [5, 5.41) is 9.05. The molecule has 0 aromatic heterocycles. The fourth-order valence-corrected chi connectivity index (χ4v) is 2.67. The summed E-state index contributed by atoms with van der Waals surface area (Å²) in [7, 11) is 1.50. The Hall–Kier alpha value is -2.04.